The molecule has 0 heterocycles. The van der Waals surface area contributed by atoms with Crippen molar-refractivity contribution in [2.24, 2.45) is 0 Å². The van der Waals surface area contributed by atoms with Crippen LogP contribution in [0, 0.1) is 0 Å². The van der Waals surface area contributed by atoms with Gasteiger partial charge in [-0.25, -0.2) is 4.79 Å². The van der Waals surface area contributed by atoms with E-state index in [-0.39, 0.29) is 0 Å². The Hall–Kier alpha value is -1.54. The van der Waals surface area contributed by atoms with Gasteiger partial charge in [0.25, 0.3) is 0 Å². The minimum absolute atomic E-state index is 0.425. The number of carbonyl (C=O) groups is 1. The molecule has 0 saturated heterocycles. The summed E-state index contributed by atoms with van der Waals surface area (Å²) in [6.07, 6.45) is 4.35. The van der Waals surface area contributed by atoms with E-state index in [2.05, 4.69) is 0 Å². The molecular weight excluding hydrogens is 200 g/mol. The first-order valence-electron chi connectivity index (χ1n) is 4.03. The van der Waals surface area contributed by atoms with Gasteiger partial charge in [-0.15, -0.1) is 0 Å². The molecule has 1 aromatic carbocycles. The average molecular weight is 209 g/mol. The summed E-state index contributed by atoms with van der Waals surface area (Å²) in [5.41, 5.74) is 1.31. The van der Waals surface area contributed by atoms with Crippen LogP contribution in [0.15, 0.2) is 54.1 Å². The van der Waals surface area contributed by atoms with Gasteiger partial charge >= 0.3 is 5.97 Å². The van der Waals surface area contributed by atoms with Crippen LogP contribution in [0.3, 0.4) is 0 Å². The van der Waals surface area contributed by atoms with Gasteiger partial charge in [-0.1, -0.05) is 42.0 Å². The van der Waals surface area contributed by atoms with Crippen LogP contribution in [0.5, 0.6) is 5.75 Å². The molecule has 0 atom stereocenters. The predicted molar refractivity (Wildman–Crippen MR) is 56.2 cm³/mol. The smallest absolute Gasteiger partial charge is 0.336 e. The average Bonchev–Trinajstić information content (AvgIpc) is 2.20. The van der Waals surface area contributed by atoms with Crippen LogP contribution in [0.2, 0.25) is 0 Å². The van der Waals surface area contributed by atoms with Crippen LogP contribution in [0.1, 0.15) is 0 Å². The Bertz CT molecular complexity index is 342. The maximum absolute atomic E-state index is 11.1. The molecule has 0 N–H and O–H groups in total. The Kier molecular flexibility index (Phi) is 4.51. The molecule has 2 nitrogen and oxygen atoms in total. The van der Waals surface area contributed by atoms with Crippen LogP contribution >= 0.6 is 11.6 Å². The van der Waals surface area contributed by atoms with Crippen molar-refractivity contribution in [3.8, 4) is 5.75 Å². The fourth-order valence-electron chi connectivity index (χ4n) is 0.815. The first kappa shape index (κ1) is 10.5. The minimum Gasteiger partial charge on any atom is -0.423 e. The Morgan fingerprint density at radius 1 is 1.21 bits per heavy atom. The lowest BCUT2D eigenvalue weighted by molar-refractivity contribution is -0.128. The van der Waals surface area contributed by atoms with Gasteiger partial charge in [-0.2, -0.15) is 0 Å². The summed E-state index contributed by atoms with van der Waals surface area (Å²) >= 11 is 5.26. The summed E-state index contributed by atoms with van der Waals surface area (Å²) in [6, 6.07) is 8.87. The molecule has 0 radical (unpaired) electrons. The van der Waals surface area contributed by atoms with Gasteiger partial charge < -0.3 is 4.74 Å². The third kappa shape index (κ3) is 3.92. The van der Waals surface area contributed by atoms with Gasteiger partial charge in [0.2, 0.25) is 0 Å². The van der Waals surface area contributed by atoms with Gasteiger partial charge in [-0.05, 0) is 12.1 Å². The molecule has 0 aromatic heterocycles. The predicted octanol–water partition coefficient (Wildman–Crippen LogP) is 2.90. The highest BCUT2D eigenvalue weighted by atomic mass is 35.5. The van der Waals surface area contributed by atoms with Gasteiger partial charge in [0.15, 0.2) is 0 Å². The molecule has 1 aromatic rings. The number of rotatable bonds is 3. The second kappa shape index (κ2) is 6.00. The Balaban J connectivity index is 2.50. The van der Waals surface area contributed by atoms with Crippen LogP contribution in [0.4, 0.5) is 0 Å². The van der Waals surface area contributed by atoms with Gasteiger partial charge in [-0.3, -0.25) is 0 Å². The zero-order valence-electron chi connectivity index (χ0n) is 7.39. The van der Waals surface area contributed by atoms with E-state index in [4.69, 9.17) is 16.3 Å². The van der Waals surface area contributed by atoms with Crippen molar-refractivity contribution >= 4 is 17.6 Å². The maximum atomic E-state index is 11.1. The molecule has 0 bridgehead atoms. The van der Waals surface area contributed by atoms with Gasteiger partial charge in [0.05, 0.1) is 0 Å². The molecule has 0 amide bonds. The lowest BCUT2D eigenvalue weighted by Gasteiger charge is -1.98. The summed E-state index contributed by atoms with van der Waals surface area (Å²) < 4.78 is 4.96. The maximum Gasteiger partial charge on any atom is 0.336 e. The SMILES string of the molecule is O=C(/C=C/C=C\Cl)Oc1ccccc1. The normalized spacial score (nSPS) is 10.9. The van der Waals surface area contributed by atoms with Crippen molar-refractivity contribution in [2.75, 3.05) is 0 Å². The molecule has 72 valence electrons. The van der Waals surface area contributed by atoms with E-state index in [0.717, 1.165) is 0 Å². The summed E-state index contributed by atoms with van der Waals surface area (Å²) in [7, 11) is 0. The molecule has 0 saturated carbocycles. The molecule has 0 spiro atoms. The molecule has 3 heteroatoms. The van der Waals surface area contributed by atoms with Crippen molar-refractivity contribution in [1.29, 1.82) is 0 Å². The largest absolute Gasteiger partial charge is 0.423 e. The van der Waals surface area contributed by atoms with Crippen molar-refractivity contribution in [1.82, 2.24) is 0 Å². The lowest BCUT2D eigenvalue weighted by atomic mass is 10.3. The Labute approximate surface area is 87.5 Å². The zero-order valence-corrected chi connectivity index (χ0v) is 8.15. The summed E-state index contributed by atoms with van der Waals surface area (Å²) in [6.45, 7) is 0. The third-order valence-electron chi connectivity index (χ3n) is 1.38. The molecule has 1 rings (SSSR count). The number of halogens is 1. The van der Waals surface area contributed by atoms with E-state index < -0.39 is 5.97 Å². The number of hydrogen-bond donors (Lipinski definition) is 0. The third-order valence-corrected chi connectivity index (χ3v) is 1.52. The molecule has 0 aliphatic rings. The van der Waals surface area contributed by atoms with Crippen LogP contribution in [-0.4, -0.2) is 5.97 Å². The number of benzene rings is 1. The number of esters is 1. The lowest BCUT2D eigenvalue weighted by Crippen LogP contribution is -2.02. The minimum atomic E-state index is -0.425. The number of para-hydroxylation sites is 1. The van der Waals surface area contributed by atoms with Crippen molar-refractivity contribution in [2.45, 2.75) is 0 Å². The molecule has 0 aliphatic heterocycles. The highest BCUT2D eigenvalue weighted by molar-refractivity contribution is 6.25. The molecule has 14 heavy (non-hydrogen) atoms. The second-order valence-corrected chi connectivity index (χ2v) is 2.66. The van der Waals surface area contributed by atoms with E-state index >= 15 is 0 Å². The summed E-state index contributed by atoms with van der Waals surface area (Å²) in [4.78, 5) is 11.1. The van der Waals surface area contributed by atoms with Gasteiger partial charge in [0.1, 0.15) is 5.75 Å². The number of allylic oxidation sites excluding steroid dienone is 2. The van der Waals surface area contributed by atoms with Crippen LogP contribution in [0.25, 0.3) is 0 Å². The molecule has 0 fully saturated rings. The van der Waals surface area contributed by atoms with Crippen molar-refractivity contribution < 1.29 is 9.53 Å². The zero-order chi connectivity index (χ0) is 10.2. The molecular formula is C11H9ClO2. The Morgan fingerprint density at radius 3 is 2.57 bits per heavy atom. The number of ether oxygens (including phenoxy) is 1. The molecule has 0 unspecified atom stereocenters. The fraction of sp³-hybridized carbons (Fsp3) is 0. The monoisotopic (exact) mass is 208 g/mol. The highest BCUT2D eigenvalue weighted by Gasteiger charge is 1.97. The fourth-order valence-corrected chi connectivity index (χ4v) is 0.899. The topological polar surface area (TPSA) is 26.3 Å². The van der Waals surface area contributed by atoms with Crippen molar-refractivity contribution in [3.63, 3.8) is 0 Å². The van der Waals surface area contributed by atoms with E-state index in [9.17, 15) is 4.79 Å². The Morgan fingerprint density at radius 2 is 1.93 bits per heavy atom. The summed E-state index contributed by atoms with van der Waals surface area (Å²) in [5, 5.41) is 0. The van der Waals surface area contributed by atoms with Crippen LogP contribution in [-0.2, 0) is 4.79 Å². The standard InChI is InChI=1S/C11H9ClO2/c12-9-5-4-8-11(13)14-10-6-2-1-3-7-10/h1-9H/b8-4+,9-5-. The van der Waals surface area contributed by atoms with Gasteiger partial charge in [0, 0.05) is 11.6 Å². The highest BCUT2D eigenvalue weighted by Crippen LogP contribution is 2.08. The van der Waals surface area contributed by atoms with Crippen molar-refractivity contribution in [3.05, 3.63) is 54.1 Å². The second-order valence-electron chi connectivity index (χ2n) is 2.41. The van der Waals surface area contributed by atoms with E-state index in [1.165, 1.54) is 23.8 Å². The van der Waals surface area contributed by atoms with E-state index in [0.29, 0.717) is 5.75 Å². The number of hydrogen-bond acceptors (Lipinski definition) is 2. The first-order chi connectivity index (χ1) is 6.83. The van der Waals surface area contributed by atoms with E-state index in [1.54, 1.807) is 24.3 Å². The molecule has 0 aliphatic carbocycles. The first-order valence-corrected chi connectivity index (χ1v) is 4.47. The quantitative estimate of drug-likeness (QED) is 0.331. The number of carbonyl (C=O) groups excluding carboxylic acids is 1. The summed E-state index contributed by atoms with van der Waals surface area (Å²) in [5.74, 6) is 0.1000. The van der Waals surface area contributed by atoms with E-state index in [1.807, 2.05) is 6.07 Å². The van der Waals surface area contributed by atoms with Crippen LogP contribution < -0.4 is 4.74 Å².